The van der Waals surface area contributed by atoms with Crippen molar-refractivity contribution in [2.24, 2.45) is 0 Å². The lowest BCUT2D eigenvalue weighted by Crippen LogP contribution is -2.59. The Balaban J connectivity index is 1.49. The molecule has 0 amide bonds. The van der Waals surface area contributed by atoms with Crippen LogP contribution < -0.4 is 19.6 Å². The highest BCUT2D eigenvalue weighted by Crippen LogP contribution is 2.55. The van der Waals surface area contributed by atoms with Gasteiger partial charge < -0.3 is 0 Å². The van der Waals surface area contributed by atoms with Crippen LogP contribution >= 0.6 is 0 Å². The van der Waals surface area contributed by atoms with Crippen LogP contribution in [0.5, 0.6) is 0 Å². The minimum absolute atomic E-state index is 0.157. The average molecular weight is 887 g/mol. The SMILES string of the molecule is CC(C)(C)c1cnc(N2c3ccc(C(C)(C)C)cc3N(c3ncc(C(C)(C)C)cn3)C2C2N(c3ncc(C(C)(C)C)cn3)c3ccc(C(C)(C)C)cc3N2c2ncc(C(C)(C)C)cn2)nc1. The molecule has 0 saturated carbocycles. The van der Waals surface area contributed by atoms with Gasteiger partial charge in [0.1, 0.15) is 0 Å². The fraction of sp³-hybridized carbons (Fsp3) is 0.481. The Kier molecular flexibility index (Phi) is 11.1. The Morgan fingerprint density at radius 2 is 0.470 bits per heavy atom. The number of benzene rings is 2. The smallest absolute Gasteiger partial charge is 0.231 e. The molecule has 0 fully saturated rings. The maximum Gasteiger partial charge on any atom is 0.231 e. The van der Waals surface area contributed by atoms with Gasteiger partial charge in [-0.05, 0) is 90.1 Å². The molecule has 0 N–H and O–H groups in total. The van der Waals surface area contributed by atoms with E-state index in [4.69, 9.17) is 39.9 Å². The highest BCUT2D eigenvalue weighted by atomic mass is 15.6. The molecule has 0 bridgehead atoms. The molecule has 2 aliphatic rings. The molecule has 2 atom stereocenters. The maximum atomic E-state index is 5.23. The largest absolute Gasteiger partial charge is 0.283 e. The van der Waals surface area contributed by atoms with E-state index in [1.807, 2.05) is 49.6 Å². The number of hydrogen-bond donors (Lipinski definition) is 0. The first kappa shape index (κ1) is 46.5. The van der Waals surface area contributed by atoms with Gasteiger partial charge in [0.25, 0.3) is 0 Å². The average Bonchev–Trinajstić information content (AvgIpc) is 3.74. The fourth-order valence-corrected chi connectivity index (χ4v) is 8.34. The highest BCUT2D eigenvalue weighted by Gasteiger charge is 2.55. The summed E-state index contributed by atoms with van der Waals surface area (Å²) in [5.74, 6) is 2.14. The van der Waals surface area contributed by atoms with E-state index < -0.39 is 12.3 Å². The molecule has 6 heterocycles. The number of fused-ring (bicyclic) bond motifs is 2. The first-order valence-corrected chi connectivity index (χ1v) is 23.3. The van der Waals surface area contributed by atoms with Crippen LogP contribution in [0.2, 0.25) is 0 Å². The molecule has 66 heavy (non-hydrogen) atoms. The lowest BCUT2D eigenvalue weighted by molar-refractivity contribution is 0.523. The van der Waals surface area contributed by atoms with Gasteiger partial charge in [-0.2, -0.15) is 0 Å². The fourth-order valence-electron chi connectivity index (χ4n) is 8.34. The van der Waals surface area contributed by atoms with E-state index in [0.717, 1.165) is 45.0 Å². The van der Waals surface area contributed by atoms with Crippen LogP contribution in [0.25, 0.3) is 0 Å². The lowest BCUT2D eigenvalue weighted by Gasteiger charge is -2.41. The third-order valence-corrected chi connectivity index (χ3v) is 12.9. The zero-order valence-corrected chi connectivity index (χ0v) is 42.6. The molecule has 0 radical (unpaired) electrons. The van der Waals surface area contributed by atoms with E-state index in [9.17, 15) is 0 Å². The number of anilines is 8. The summed E-state index contributed by atoms with van der Waals surface area (Å²) < 4.78 is 0. The van der Waals surface area contributed by atoms with Gasteiger partial charge in [-0.1, -0.05) is 137 Å². The van der Waals surface area contributed by atoms with E-state index in [0.29, 0.717) is 23.8 Å². The topological polar surface area (TPSA) is 116 Å². The zero-order chi connectivity index (χ0) is 48.1. The van der Waals surface area contributed by atoms with Crippen molar-refractivity contribution in [3.05, 3.63) is 119 Å². The molecule has 6 aromatic rings. The molecular formula is C54H70N12. The summed E-state index contributed by atoms with van der Waals surface area (Å²) in [6.07, 6.45) is 14.4. The van der Waals surface area contributed by atoms with Crippen LogP contribution in [-0.2, 0) is 32.5 Å². The zero-order valence-electron chi connectivity index (χ0n) is 42.6. The van der Waals surface area contributed by atoms with Gasteiger partial charge in [0, 0.05) is 49.6 Å². The van der Waals surface area contributed by atoms with E-state index in [2.05, 4.69) is 181 Å². The molecular weight excluding hydrogens is 817 g/mol. The van der Waals surface area contributed by atoms with Crippen LogP contribution in [0.3, 0.4) is 0 Å². The predicted octanol–water partition coefficient (Wildman–Crippen LogP) is 12.6. The van der Waals surface area contributed by atoms with Gasteiger partial charge in [-0.15, -0.1) is 0 Å². The van der Waals surface area contributed by atoms with Crippen molar-refractivity contribution in [2.75, 3.05) is 19.6 Å². The number of hydrogen-bond acceptors (Lipinski definition) is 12. The minimum atomic E-state index is -0.654. The Labute approximate surface area is 393 Å². The second kappa shape index (κ2) is 15.8. The minimum Gasteiger partial charge on any atom is -0.283 e. The molecule has 346 valence electrons. The maximum absolute atomic E-state index is 5.23. The third kappa shape index (κ3) is 8.59. The van der Waals surface area contributed by atoms with Crippen molar-refractivity contribution in [3.8, 4) is 0 Å². The summed E-state index contributed by atoms with van der Waals surface area (Å²) >= 11 is 0. The van der Waals surface area contributed by atoms with Gasteiger partial charge in [-0.25, -0.2) is 39.9 Å². The summed E-state index contributed by atoms with van der Waals surface area (Å²) in [6, 6.07) is 13.4. The standard InChI is InChI=1S/C54H70N12/c1-49(2,3)33-19-21-39-41(23-33)65(47-59-29-37(30-60-47)53(13,14)15)43(63(39)45-55-25-35(26-56-45)51(7,8)9)44-64(46-57-27-36(28-58-46)52(10,11)12)40-22-20-34(50(4,5)6)24-42(40)66(44)48-61-31-38(32-62-48)54(16,17)18/h19-32,43-44H,1-18H3. The van der Waals surface area contributed by atoms with Gasteiger partial charge >= 0.3 is 0 Å². The van der Waals surface area contributed by atoms with Gasteiger partial charge in [-0.3, -0.25) is 19.6 Å². The second-order valence-corrected chi connectivity index (χ2v) is 24.3. The summed E-state index contributed by atoms with van der Waals surface area (Å²) in [5, 5.41) is 0. The van der Waals surface area contributed by atoms with E-state index in [-0.39, 0.29) is 32.5 Å². The van der Waals surface area contributed by atoms with Gasteiger partial charge in [0.15, 0.2) is 12.3 Å². The number of rotatable bonds is 5. The van der Waals surface area contributed by atoms with Crippen LogP contribution in [0, 0.1) is 0 Å². The molecule has 2 aliphatic heterocycles. The summed E-state index contributed by atoms with van der Waals surface area (Å²) in [6.45, 7) is 39.6. The quantitative estimate of drug-likeness (QED) is 0.164. The molecule has 12 nitrogen and oxygen atoms in total. The van der Waals surface area contributed by atoms with Crippen LogP contribution in [0.15, 0.2) is 86.0 Å². The van der Waals surface area contributed by atoms with Crippen molar-refractivity contribution in [2.45, 2.75) is 169 Å². The van der Waals surface area contributed by atoms with Crippen molar-refractivity contribution >= 4 is 46.5 Å². The van der Waals surface area contributed by atoms with E-state index in [1.165, 1.54) is 11.1 Å². The predicted molar refractivity (Wildman–Crippen MR) is 269 cm³/mol. The second-order valence-electron chi connectivity index (χ2n) is 24.3. The van der Waals surface area contributed by atoms with Gasteiger partial charge in [0.05, 0.1) is 22.7 Å². The van der Waals surface area contributed by atoms with E-state index in [1.54, 1.807) is 0 Å². The Morgan fingerprint density at radius 1 is 0.273 bits per heavy atom. The third-order valence-electron chi connectivity index (χ3n) is 12.9. The Hall–Kier alpha value is -6.04. The summed E-state index contributed by atoms with van der Waals surface area (Å²) in [4.78, 5) is 50.8. The summed E-state index contributed by atoms with van der Waals surface area (Å²) in [7, 11) is 0. The van der Waals surface area contributed by atoms with Crippen molar-refractivity contribution < 1.29 is 0 Å². The van der Waals surface area contributed by atoms with Gasteiger partial charge in [0.2, 0.25) is 23.8 Å². The molecule has 0 spiro atoms. The molecule has 12 heteroatoms. The molecule has 0 aliphatic carbocycles. The first-order valence-electron chi connectivity index (χ1n) is 23.3. The first-order chi connectivity index (χ1) is 30.5. The molecule has 0 saturated heterocycles. The summed E-state index contributed by atoms with van der Waals surface area (Å²) in [5.41, 5.74) is 9.21. The van der Waals surface area contributed by atoms with Crippen molar-refractivity contribution in [1.29, 1.82) is 0 Å². The van der Waals surface area contributed by atoms with Crippen LogP contribution in [0.4, 0.5) is 46.5 Å². The molecule has 2 unspecified atom stereocenters. The molecule has 4 aromatic heterocycles. The normalized spacial score (nSPS) is 17.1. The van der Waals surface area contributed by atoms with Crippen LogP contribution in [-0.4, -0.2) is 52.2 Å². The monoisotopic (exact) mass is 887 g/mol. The van der Waals surface area contributed by atoms with Crippen LogP contribution in [0.1, 0.15) is 158 Å². The number of aromatic nitrogens is 8. The molecule has 8 rings (SSSR count). The van der Waals surface area contributed by atoms with E-state index >= 15 is 0 Å². The highest BCUT2D eigenvalue weighted by molar-refractivity contribution is 5.92. The Bertz CT molecular complexity index is 2510. The lowest BCUT2D eigenvalue weighted by atomic mass is 9.86. The number of nitrogens with zero attached hydrogens (tertiary/aromatic N) is 12. The molecule has 2 aromatic carbocycles. The van der Waals surface area contributed by atoms with Crippen molar-refractivity contribution in [1.82, 2.24) is 39.9 Å². The van der Waals surface area contributed by atoms with Crippen molar-refractivity contribution in [3.63, 3.8) is 0 Å². The Morgan fingerprint density at radius 3 is 0.667 bits per heavy atom.